The van der Waals surface area contributed by atoms with Crippen LogP contribution >= 0.6 is 23.8 Å². The highest BCUT2D eigenvalue weighted by molar-refractivity contribution is 7.80. The van der Waals surface area contributed by atoms with E-state index in [2.05, 4.69) is 29.2 Å². The molecule has 0 saturated heterocycles. The Morgan fingerprint density at radius 1 is 1.20 bits per heavy atom. The van der Waals surface area contributed by atoms with Gasteiger partial charge >= 0.3 is 0 Å². The van der Waals surface area contributed by atoms with Crippen LogP contribution in [0.1, 0.15) is 17.5 Å². The third-order valence-electron chi connectivity index (χ3n) is 3.64. The number of nitrogens with zero attached hydrogens (tertiary/aromatic N) is 1. The molecule has 0 atom stereocenters. The number of hydrogen-bond acceptors (Lipinski definition) is 2. The molecule has 2 aromatic carbocycles. The standard InChI is InChI=1S/C16H15ClN2S/c17-14-10-12(7-8-13(14)16(18)20)19-9-3-5-11-4-1-2-6-15(11)19/h1-2,4,6-8,10H,3,5,9H2,(H2,18,20). The maximum absolute atomic E-state index is 6.28. The van der Waals surface area contributed by atoms with Gasteiger partial charge in [-0.1, -0.05) is 42.0 Å². The van der Waals surface area contributed by atoms with Crippen molar-refractivity contribution in [1.29, 1.82) is 0 Å². The Balaban J connectivity index is 2.03. The minimum Gasteiger partial charge on any atom is -0.389 e. The predicted octanol–water partition coefficient (Wildman–Crippen LogP) is 4.06. The molecule has 2 N–H and O–H groups in total. The third kappa shape index (κ3) is 2.39. The molecule has 0 aliphatic carbocycles. The molecule has 0 amide bonds. The van der Waals surface area contributed by atoms with Gasteiger partial charge in [-0.2, -0.15) is 0 Å². The first kappa shape index (κ1) is 13.4. The summed E-state index contributed by atoms with van der Waals surface area (Å²) in [5, 5.41) is 0.609. The molecule has 4 heteroatoms. The van der Waals surface area contributed by atoms with Gasteiger partial charge in [0.25, 0.3) is 0 Å². The maximum Gasteiger partial charge on any atom is 0.105 e. The Kier molecular flexibility index (Phi) is 3.64. The lowest BCUT2D eigenvalue weighted by Crippen LogP contribution is -2.24. The minimum absolute atomic E-state index is 0.334. The first-order valence-corrected chi connectivity index (χ1v) is 7.40. The molecule has 0 spiro atoms. The van der Waals surface area contributed by atoms with E-state index in [0.717, 1.165) is 30.6 Å². The minimum atomic E-state index is 0.334. The van der Waals surface area contributed by atoms with Crippen molar-refractivity contribution in [2.45, 2.75) is 12.8 Å². The van der Waals surface area contributed by atoms with Crippen LogP contribution in [-0.2, 0) is 6.42 Å². The van der Waals surface area contributed by atoms with E-state index >= 15 is 0 Å². The van der Waals surface area contributed by atoms with Crippen LogP contribution in [0.4, 0.5) is 11.4 Å². The van der Waals surface area contributed by atoms with Crippen LogP contribution in [0.5, 0.6) is 0 Å². The van der Waals surface area contributed by atoms with Crippen molar-refractivity contribution in [1.82, 2.24) is 0 Å². The van der Waals surface area contributed by atoms with E-state index in [1.54, 1.807) is 0 Å². The Morgan fingerprint density at radius 2 is 2.00 bits per heavy atom. The summed E-state index contributed by atoms with van der Waals surface area (Å²) in [7, 11) is 0. The molecule has 20 heavy (non-hydrogen) atoms. The summed E-state index contributed by atoms with van der Waals surface area (Å²) in [5.41, 5.74) is 10.1. The Hall–Kier alpha value is -1.58. The van der Waals surface area contributed by atoms with E-state index in [4.69, 9.17) is 29.6 Å². The van der Waals surface area contributed by atoms with Crippen molar-refractivity contribution in [3.8, 4) is 0 Å². The lowest BCUT2D eigenvalue weighted by molar-refractivity contribution is 0.767. The summed E-state index contributed by atoms with van der Waals surface area (Å²) < 4.78 is 0. The van der Waals surface area contributed by atoms with E-state index in [-0.39, 0.29) is 0 Å². The molecule has 0 fully saturated rings. The maximum atomic E-state index is 6.28. The van der Waals surface area contributed by atoms with Crippen LogP contribution in [0.2, 0.25) is 5.02 Å². The van der Waals surface area contributed by atoms with Crippen LogP contribution in [0.3, 0.4) is 0 Å². The molecule has 0 radical (unpaired) electrons. The average molecular weight is 303 g/mol. The van der Waals surface area contributed by atoms with E-state index < -0.39 is 0 Å². The second kappa shape index (κ2) is 5.43. The molecule has 2 aromatic rings. The predicted molar refractivity (Wildman–Crippen MR) is 89.1 cm³/mol. The van der Waals surface area contributed by atoms with Gasteiger partial charge in [-0.3, -0.25) is 0 Å². The summed E-state index contributed by atoms with van der Waals surface area (Å²) in [6, 6.07) is 14.4. The van der Waals surface area contributed by atoms with Crippen LogP contribution in [-0.4, -0.2) is 11.5 Å². The summed E-state index contributed by atoms with van der Waals surface area (Å²) in [6.07, 6.45) is 2.27. The Morgan fingerprint density at radius 3 is 2.75 bits per heavy atom. The summed E-state index contributed by atoms with van der Waals surface area (Å²) >= 11 is 11.3. The van der Waals surface area contributed by atoms with Gasteiger partial charge in [-0.15, -0.1) is 0 Å². The molecule has 0 saturated carbocycles. The SMILES string of the molecule is NC(=S)c1ccc(N2CCCc3ccccc32)cc1Cl. The smallest absolute Gasteiger partial charge is 0.105 e. The largest absolute Gasteiger partial charge is 0.389 e. The van der Waals surface area contributed by atoms with E-state index in [1.807, 2.05) is 18.2 Å². The monoisotopic (exact) mass is 302 g/mol. The van der Waals surface area contributed by atoms with Gasteiger partial charge in [0.05, 0.1) is 5.02 Å². The molecule has 1 aliphatic heterocycles. The van der Waals surface area contributed by atoms with Crippen molar-refractivity contribution >= 4 is 40.2 Å². The van der Waals surface area contributed by atoms with E-state index in [1.165, 1.54) is 11.3 Å². The van der Waals surface area contributed by atoms with Crippen LogP contribution in [0.25, 0.3) is 0 Å². The quantitative estimate of drug-likeness (QED) is 0.848. The van der Waals surface area contributed by atoms with Gasteiger partial charge in [-0.25, -0.2) is 0 Å². The zero-order valence-electron chi connectivity index (χ0n) is 11.0. The topological polar surface area (TPSA) is 29.3 Å². The van der Waals surface area contributed by atoms with E-state index in [0.29, 0.717) is 10.0 Å². The highest BCUT2D eigenvalue weighted by Gasteiger charge is 2.18. The van der Waals surface area contributed by atoms with Gasteiger partial charge < -0.3 is 10.6 Å². The van der Waals surface area contributed by atoms with Gasteiger partial charge in [0.2, 0.25) is 0 Å². The number of para-hydroxylation sites is 1. The van der Waals surface area contributed by atoms with Crippen molar-refractivity contribution in [3.63, 3.8) is 0 Å². The average Bonchev–Trinajstić information content (AvgIpc) is 2.46. The van der Waals surface area contributed by atoms with E-state index in [9.17, 15) is 0 Å². The molecular weight excluding hydrogens is 288 g/mol. The number of thiocarbonyl (C=S) groups is 1. The van der Waals surface area contributed by atoms with Crippen molar-refractivity contribution in [2.75, 3.05) is 11.4 Å². The fourth-order valence-corrected chi connectivity index (χ4v) is 3.18. The lowest BCUT2D eigenvalue weighted by atomic mass is 10.0. The number of fused-ring (bicyclic) bond motifs is 1. The van der Waals surface area contributed by atoms with Crippen molar-refractivity contribution < 1.29 is 0 Å². The number of anilines is 2. The molecule has 102 valence electrons. The zero-order chi connectivity index (χ0) is 14.1. The van der Waals surface area contributed by atoms with Gasteiger partial charge in [0.15, 0.2) is 0 Å². The fourth-order valence-electron chi connectivity index (χ4n) is 2.67. The first-order valence-electron chi connectivity index (χ1n) is 6.61. The summed E-state index contributed by atoms with van der Waals surface area (Å²) in [6.45, 7) is 1.000. The number of rotatable bonds is 2. The molecule has 1 aliphatic rings. The molecule has 0 aromatic heterocycles. The second-order valence-electron chi connectivity index (χ2n) is 4.91. The Bertz CT molecular complexity index is 669. The lowest BCUT2D eigenvalue weighted by Gasteiger charge is -2.31. The Labute approximate surface area is 129 Å². The number of benzene rings is 2. The number of aryl methyl sites for hydroxylation is 1. The number of hydrogen-bond donors (Lipinski definition) is 1. The van der Waals surface area contributed by atoms with Crippen LogP contribution in [0, 0.1) is 0 Å². The highest BCUT2D eigenvalue weighted by Crippen LogP contribution is 2.34. The summed E-state index contributed by atoms with van der Waals surface area (Å²) in [5.74, 6) is 0. The summed E-state index contributed by atoms with van der Waals surface area (Å²) in [4.78, 5) is 2.63. The number of nitrogens with two attached hydrogens (primary N) is 1. The van der Waals surface area contributed by atoms with Gasteiger partial charge in [0.1, 0.15) is 4.99 Å². The highest BCUT2D eigenvalue weighted by atomic mass is 35.5. The number of halogens is 1. The molecular formula is C16H15ClN2S. The molecule has 1 heterocycles. The molecule has 3 rings (SSSR count). The third-order valence-corrected chi connectivity index (χ3v) is 4.17. The van der Waals surface area contributed by atoms with Crippen molar-refractivity contribution in [2.24, 2.45) is 5.73 Å². The second-order valence-corrected chi connectivity index (χ2v) is 5.76. The zero-order valence-corrected chi connectivity index (χ0v) is 12.5. The molecule has 0 unspecified atom stereocenters. The van der Waals surface area contributed by atoms with Gasteiger partial charge in [-0.05, 0) is 42.7 Å². The normalized spacial score (nSPS) is 13.9. The molecule has 0 bridgehead atoms. The van der Waals surface area contributed by atoms with Crippen LogP contribution in [0.15, 0.2) is 42.5 Å². The fraction of sp³-hybridized carbons (Fsp3) is 0.188. The van der Waals surface area contributed by atoms with Gasteiger partial charge in [0, 0.05) is 23.5 Å². The van der Waals surface area contributed by atoms with Crippen LogP contribution < -0.4 is 10.6 Å². The first-order chi connectivity index (χ1) is 9.66. The van der Waals surface area contributed by atoms with Crippen molar-refractivity contribution in [3.05, 3.63) is 58.6 Å². The molecule has 2 nitrogen and oxygen atoms in total.